The highest BCUT2D eigenvalue weighted by Crippen LogP contribution is 2.33. The van der Waals surface area contributed by atoms with Crippen LogP contribution < -0.4 is 15.2 Å². The zero-order valence-corrected chi connectivity index (χ0v) is 19.5. The Morgan fingerprint density at radius 1 is 1.06 bits per heavy atom. The molecular formula is C26H29BF2N3O2+. The number of aromatic amines is 1. The number of aryl methyl sites for hydroxylation is 1. The molecule has 3 aromatic rings. The van der Waals surface area contributed by atoms with Crippen LogP contribution in [0.2, 0.25) is 0 Å². The fraction of sp³-hybridized carbons (Fsp3) is 0.192. The molecule has 1 aliphatic heterocycles. The van der Waals surface area contributed by atoms with Crippen molar-refractivity contribution in [2.24, 2.45) is 5.73 Å². The number of benzene rings is 2. The van der Waals surface area contributed by atoms with Gasteiger partial charge in [-0.2, -0.15) is 0 Å². The maximum absolute atomic E-state index is 6.11. The predicted octanol–water partition coefficient (Wildman–Crippen LogP) is 4.77. The molecule has 0 fully saturated rings. The number of halogens is 2. The molecule has 2 radical (unpaired) electrons. The van der Waals surface area contributed by atoms with Crippen LogP contribution in [0.1, 0.15) is 28.9 Å². The van der Waals surface area contributed by atoms with Crippen LogP contribution in [0.5, 0.6) is 11.5 Å². The first-order chi connectivity index (χ1) is 15.5. The molecule has 34 heavy (non-hydrogen) atoms. The van der Waals surface area contributed by atoms with Crippen molar-refractivity contribution in [2.45, 2.75) is 13.3 Å². The van der Waals surface area contributed by atoms with Crippen LogP contribution in [-0.2, 0) is 0 Å². The van der Waals surface area contributed by atoms with Gasteiger partial charge < -0.3 is 20.2 Å². The molecule has 176 valence electrons. The van der Waals surface area contributed by atoms with E-state index >= 15 is 0 Å². The van der Waals surface area contributed by atoms with Gasteiger partial charge >= 0.3 is 7.98 Å². The Hall–Kier alpha value is -3.65. The summed E-state index contributed by atoms with van der Waals surface area (Å²) in [5.41, 5.74) is 12.3. The van der Waals surface area contributed by atoms with Gasteiger partial charge in [0.2, 0.25) is 0 Å². The number of aromatic nitrogens is 1. The van der Waals surface area contributed by atoms with Gasteiger partial charge in [-0.15, -0.1) is 0 Å². The van der Waals surface area contributed by atoms with Crippen LogP contribution >= 0.6 is 0 Å². The zero-order valence-electron chi connectivity index (χ0n) is 19.5. The van der Waals surface area contributed by atoms with Gasteiger partial charge in [0.15, 0.2) is 5.70 Å². The van der Waals surface area contributed by atoms with Gasteiger partial charge in [0, 0.05) is 28.8 Å². The Balaban J connectivity index is 0.00000204. The molecule has 1 aliphatic rings. The first kappa shape index (κ1) is 26.6. The van der Waals surface area contributed by atoms with Crippen LogP contribution in [-0.4, -0.2) is 44.4 Å². The number of nitrogens with one attached hydrogen (secondary N) is 1. The van der Waals surface area contributed by atoms with Gasteiger partial charge in [-0.1, -0.05) is 12.1 Å². The van der Waals surface area contributed by atoms with E-state index in [0.29, 0.717) is 6.54 Å². The molecule has 0 amide bonds. The molecule has 2 aromatic carbocycles. The van der Waals surface area contributed by atoms with E-state index in [9.17, 15) is 0 Å². The minimum absolute atomic E-state index is 0. The van der Waals surface area contributed by atoms with Crippen LogP contribution in [0.3, 0.4) is 0 Å². The van der Waals surface area contributed by atoms with Crippen molar-refractivity contribution in [1.29, 1.82) is 0 Å². The Morgan fingerprint density at radius 2 is 1.85 bits per heavy atom. The van der Waals surface area contributed by atoms with Crippen LogP contribution in [0.4, 0.5) is 9.41 Å². The Labute approximate surface area is 199 Å². The van der Waals surface area contributed by atoms with Gasteiger partial charge in [0.25, 0.3) is 0 Å². The van der Waals surface area contributed by atoms with E-state index in [2.05, 4.69) is 36.2 Å². The summed E-state index contributed by atoms with van der Waals surface area (Å²) in [6.07, 6.45) is 10.7. The molecule has 5 nitrogen and oxygen atoms in total. The van der Waals surface area contributed by atoms with Crippen molar-refractivity contribution in [2.75, 3.05) is 20.8 Å². The molecule has 2 heterocycles. The van der Waals surface area contributed by atoms with Gasteiger partial charge in [-0.25, -0.2) is 0 Å². The fourth-order valence-electron chi connectivity index (χ4n) is 4.11. The van der Waals surface area contributed by atoms with Gasteiger partial charge in [0.1, 0.15) is 17.7 Å². The average molecular weight is 464 g/mol. The average Bonchev–Trinajstić information content (AvgIpc) is 3.40. The number of nitrogens with zero attached hydrogens (tertiary/aromatic N) is 1. The number of fused-ring (bicyclic) bond motifs is 1. The second kappa shape index (κ2) is 11.5. The third-order valence-electron chi connectivity index (χ3n) is 5.70. The second-order valence-electron chi connectivity index (χ2n) is 7.70. The van der Waals surface area contributed by atoms with E-state index < -0.39 is 0 Å². The maximum atomic E-state index is 6.11. The van der Waals surface area contributed by atoms with Gasteiger partial charge in [-0.3, -0.25) is 13.9 Å². The minimum Gasteiger partial charge on any atom is -0.497 e. The highest BCUT2D eigenvalue weighted by atomic mass is 19.0. The third kappa shape index (κ3) is 5.12. The van der Waals surface area contributed by atoms with Crippen molar-refractivity contribution >= 4 is 42.7 Å². The minimum atomic E-state index is 0. The lowest BCUT2D eigenvalue weighted by Gasteiger charge is -2.10. The lowest BCUT2D eigenvalue weighted by atomic mass is 10.0. The molecule has 0 atom stereocenters. The van der Waals surface area contributed by atoms with Crippen LogP contribution in [0.25, 0.3) is 28.5 Å². The highest BCUT2D eigenvalue weighted by Gasteiger charge is 2.20. The van der Waals surface area contributed by atoms with Crippen LogP contribution in [0.15, 0.2) is 54.2 Å². The van der Waals surface area contributed by atoms with E-state index in [0.717, 1.165) is 62.5 Å². The molecule has 0 aliphatic carbocycles. The number of allylic oxidation sites excluding steroid dienone is 2. The summed E-state index contributed by atoms with van der Waals surface area (Å²) in [6.45, 7) is 2.64. The van der Waals surface area contributed by atoms with E-state index in [-0.39, 0.29) is 9.41 Å². The summed E-state index contributed by atoms with van der Waals surface area (Å²) in [4.78, 5) is 3.55. The molecule has 0 spiro atoms. The van der Waals surface area contributed by atoms with Crippen LogP contribution in [0, 0.1) is 6.92 Å². The predicted molar refractivity (Wildman–Crippen MR) is 138 cm³/mol. The van der Waals surface area contributed by atoms with Gasteiger partial charge in [0.05, 0.1) is 19.9 Å². The van der Waals surface area contributed by atoms with E-state index in [1.807, 2.05) is 42.6 Å². The number of hydrogen-bond donors (Lipinski definition) is 2. The van der Waals surface area contributed by atoms with Crippen molar-refractivity contribution in [3.05, 3.63) is 76.8 Å². The van der Waals surface area contributed by atoms with Crippen molar-refractivity contribution < 1.29 is 23.4 Å². The lowest BCUT2D eigenvalue weighted by Crippen LogP contribution is -2.09. The van der Waals surface area contributed by atoms with Crippen molar-refractivity contribution in [3.8, 4) is 11.5 Å². The fourth-order valence-corrected chi connectivity index (χ4v) is 4.11. The van der Waals surface area contributed by atoms with E-state index in [4.69, 9.17) is 23.2 Å². The summed E-state index contributed by atoms with van der Waals surface area (Å²) in [5.74, 6) is 1.65. The maximum Gasteiger partial charge on any atom is 0.586 e. The second-order valence-corrected chi connectivity index (χ2v) is 7.70. The van der Waals surface area contributed by atoms with E-state index in [1.165, 1.54) is 0 Å². The molecule has 8 heteroatoms. The molecule has 4 rings (SSSR count). The Kier molecular flexibility index (Phi) is 8.98. The topological polar surface area (TPSA) is 63.3 Å². The normalized spacial score (nSPS) is 14.1. The number of H-pyrrole nitrogens is 1. The number of methoxy groups -OCH3 is 2. The van der Waals surface area contributed by atoms with Crippen molar-refractivity contribution in [3.63, 3.8) is 0 Å². The molecule has 1 aromatic heterocycles. The summed E-state index contributed by atoms with van der Waals surface area (Å²) < 4.78 is 12.6. The summed E-state index contributed by atoms with van der Waals surface area (Å²) in [5, 5.41) is 2.11. The first-order valence-electron chi connectivity index (χ1n) is 10.6. The largest absolute Gasteiger partial charge is 0.586 e. The molecular weight excluding hydrogens is 435 g/mol. The number of ether oxygens (including phenoxy) is 2. The summed E-state index contributed by atoms with van der Waals surface area (Å²) in [7, 11) is 9.47. The monoisotopic (exact) mass is 464 g/mol. The Morgan fingerprint density at radius 3 is 2.50 bits per heavy atom. The van der Waals surface area contributed by atoms with Gasteiger partial charge in [-0.05, 0) is 72.8 Å². The summed E-state index contributed by atoms with van der Waals surface area (Å²) >= 11 is 0. The number of hydrogen-bond acceptors (Lipinski definition) is 3. The molecule has 3 N–H and O–H groups in total. The molecule has 0 bridgehead atoms. The standard InChI is InChI=1S/C26H27BN3O2.2FH/c1-17-15-19(29-26(17)22(12-13-28)24-5-4-14-30(24)27)8-6-18-7-11-25(32-3)21-10-9-20(31-2)16-23(18)21;;/h4-11,14-16,29H,12-13,28H2,1-3H3;2*1H/q+1;;/b8-6+;;. The first-order valence-corrected chi connectivity index (χ1v) is 10.6. The zero-order chi connectivity index (χ0) is 22.7. The SMILES string of the molecule is F.F.[B][N+]1=CC=CC1=C(CCN)c1[nH]c(/C=C/c2ccc(OC)c3ccc(OC)cc23)cc1C. The lowest BCUT2D eigenvalue weighted by molar-refractivity contribution is -0.294. The Bertz CT molecular complexity index is 1290. The number of nitrogens with two attached hydrogens (primary N) is 1. The van der Waals surface area contributed by atoms with Crippen molar-refractivity contribution in [1.82, 2.24) is 4.98 Å². The van der Waals surface area contributed by atoms with E-state index in [1.54, 1.807) is 18.7 Å². The molecule has 0 saturated heterocycles. The molecule has 0 unspecified atom stereocenters. The number of rotatable bonds is 7. The quantitative estimate of drug-likeness (QED) is 0.496. The smallest absolute Gasteiger partial charge is 0.497 e. The summed E-state index contributed by atoms with van der Waals surface area (Å²) in [6, 6.07) is 12.2. The molecule has 0 saturated carbocycles. The highest BCUT2D eigenvalue weighted by molar-refractivity contribution is 6.01. The third-order valence-corrected chi connectivity index (χ3v) is 5.70.